The van der Waals surface area contributed by atoms with Gasteiger partial charge in [0, 0.05) is 24.2 Å². The molecule has 0 bridgehead atoms. The maximum atomic E-state index is 12.8. The Morgan fingerprint density at radius 3 is 2.36 bits per heavy atom. The van der Waals surface area contributed by atoms with Gasteiger partial charge in [-0.3, -0.25) is 10.1 Å². The van der Waals surface area contributed by atoms with Crippen LogP contribution in [-0.4, -0.2) is 36.9 Å². The van der Waals surface area contributed by atoms with E-state index in [-0.39, 0.29) is 10.8 Å². The first-order valence-electron chi connectivity index (χ1n) is 9.95. The van der Waals surface area contributed by atoms with E-state index < -0.39 is 10.0 Å². The summed E-state index contributed by atoms with van der Waals surface area (Å²) in [6.45, 7) is 1.11. The fourth-order valence-corrected chi connectivity index (χ4v) is 5.39. The first kappa shape index (κ1) is 19.1. The van der Waals surface area contributed by atoms with Crippen molar-refractivity contribution in [3.8, 4) is 0 Å². The number of nitrogens with one attached hydrogen (secondary N) is 1. The highest BCUT2D eigenvalue weighted by Gasteiger charge is 2.26. The number of amides is 1. The molecular formula is C20H25N3O4S. The largest absolute Gasteiger partial charge is 0.338 e. The van der Waals surface area contributed by atoms with E-state index in [2.05, 4.69) is 10.5 Å². The van der Waals surface area contributed by atoms with Crippen LogP contribution in [0.3, 0.4) is 0 Å². The maximum absolute atomic E-state index is 12.8. The SMILES string of the molecule is O=C(Nc1onc2c1CCCC2)c1ccc(S(=O)(=O)N2CCCCCC2)cc1. The number of carbonyl (C=O) groups excluding carboxylic acids is 1. The van der Waals surface area contributed by atoms with Gasteiger partial charge in [0.2, 0.25) is 15.9 Å². The van der Waals surface area contributed by atoms with Gasteiger partial charge < -0.3 is 4.52 Å². The molecule has 150 valence electrons. The molecule has 1 fully saturated rings. The molecule has 1 amide bonds. The molecule has 8 heteroatoms. The number of hydrogen-bond donors (Lipinski definition) is 1. The maximum Gasteiger partial charge on any atom is 0.258 e. The Morgan fingerprint density at radius 2 is 1.64 bits per heavy atom. The third kappa shape index (κ3) is 3.84. The summed E-state index contributed by atoms with van der Waals surface area (Å²) in [5.74, 6) is 0.0733. The van der Waals surface area contributed by atoms with Crippen LogP contribution in [0.1, 0.15) is 60.1 Å². The smallest absolute Gasteiger partial charge is 0.258 e. The van der Waals surface area contributed by atoms with E-state index in [0.717, 1.165) is 62.6 Å². The molecule has 1 N–H and O–H groups in total. The van der Waals surface area contributed by atoms with Crippen LogP contribution in [0.2, 0.25) is 0 Å². The topological polar surface area (TPSA) is 92.5 Å². The van der Waals surface area contributed by atoms with Gasteiger partial charge in [0.1, 0.15) is 0 Å². The molecule has 1 saturated heterocycles. The lowest BCUT2D eigenvalue weighted by Gasteiger charge is -2.20. The Hall–Kier alpha value is -2.19. The Balaban J connectivity index is 1.48. The van der Waals surface area contributed by atoms with E-state index in [9.17, 15) is 13.2 Å². The van der Waals surface area contributed by atoms with Gasteiger partial charge in [-0.15, -0.1) is 0 Å². The molecule has 0 saturated carbocycles. The monoisotopic (exact) mass is 403 g/mol. The molecule has 1 aromatic heterocycles. The summed E-state index contributed by atoms with van der Waals surface area (Å²) < 4.78 is 32.5. The highest BCUT2D eigenvalue weighted by molar-refractivity contribution is 7.89. The van der Waals surface area contributed by atoms with Crippen LogP contribution in [0.15, 0.2) is 33.7 Å². The van der Waals surface area contributed by atoms with Gasteiger partial charge in [0.05, 0.1) is 10.6 Å². The number of anilines is 1. The first-order chi connectivity index (χ1) is 13.6. The Labute approximate surface area is 165 Å². The number of carbonyl (C=O) groups is 1. The van der Waals surface area contributed by atoms with E-state index in [0.29, 0.717) is 24.5 Å². The Morgan fingerprint density at radius 1 is 0.964 bits per heavy atom. The second kappa shape index (κ2) is 8.05. The number of benzene rings is 1. The van der Waals surface area contributed by atoms with Crippen LogP contribution in [-0.2, 0) is 22.9 Å². The predicted molar refractivity (Wildman–Crippen MR) is 105 cm³/mol. The quantitative estimate of drug-likeness (QED) is 0.845. The highest BCUT2D eigenvalue weighted by Crippen LogP contribution is 2.28. The summed E-state index contributed by atoms with van der Waals surface area (Å²) in [6, 6.07) is 6.10. The van der Waals surface area contributed by atoms with Gasteiger partial charge in [-0.2, -0.15) is 4.31 Å². The lowest BCUT2D eigenvalue weighted by Crippen LogP contribution is -2.31. The molecule has 0 spiro atoms. The minimum absolute atomic E-state index is 0.225. The summed E-state index contributed by atoms with van der Waals surface area (Å²) in [5, 5.41) is 6.80. The van der Waals surface area contributed by atoms with Gasteiger partial charge in [-0.1, -0.05) is 18.0 Å². The lowest BCUT2D eigenvalue weighted by atomic mass is 9.97. The van der Waals surface area contributed by atoms with Gasteiger partial charge in [-0.25, -0.2) is 8.42 Å². The van der Waals surface area contributed by atoms with Gasteiger partial charge in [0.15, 0.2) is 0 Å². The van der Waals surface area contributed by atoms with Crippen molar-refractivity contribution in [2.45, 2.75) is 56.3 Å². The number of aryl methyl sites for hydroxylation is 1. The number of aromatic nitrogens is 1. The van der Waals surface area contributed by atoms with Crippen LogP contribution in [0.25, 0.3) is 0 Å². The van der Waals surface area contributed by atoms with Gasteiger partial charge in [0.25, 0.3) is 5.91 Å². The van der Waals surface area contributed by atoms with Crippen molar-refractivity contribution in [2.24, 2.45) is 0 Å². The summed E-state index contributed by atoms with van der Waals surface area (Å²) in [7, 11) is -3.52. The number of fused-ring (bicyclic) bond motifs is 1. The zero-order valence-electron chi connectivity index (χ0n) is 15.8. The average Bonchev–Trinajstić information content (AvgIpc) is 2.92. The average molecular weight is 404 g/mol. The number of nitrogens with zero attached hydrogens (tertiary/aromatic N) is 2. The van der Waals surface area contributed by atoms with Crippen molar-refractivity contribution in [3.63, 3.8) is 0 Å². The summed E-state index contributed by atoms with van der Waals surface area (Å²) in [6.07, 6.45) is 7.77. The zero-order valence-corrected chi connectivity index (χ0v) is 16.6. The summed E-state index contributed by atoms with van der Waals surface area (Å²) in [4.78, 5) is 12.8. The molecule has 1 aliphatic carbocycles. The normalized spacial score (nSPS) is 18.3. The van der Waals surface area contributed by atoms with Crippen molar-refractivity contribution in [1.82, 2.24) is 9.46 Å². The van der Waals surface area contributed by atoms with Crippen molar-refractivity contribution < 1.29 is 17.7 Å². The molecule has 2 aromatic rings. The zero-order chi connectivity index (χ0) is 19.6. The van der Waals surface area contributed by atoms with Crippen molar-refractivity contribution in [2.75, 3.05) is 18.4 Å². The Kier molecular flexibility index (Phi) is 5.50. The number of rotatable bonds is 4. The molecule has 0 unspecified atom stereocenters. The molecule has 2 aliphatic rings. The minimum Gasteiger partial charge on any atom is -0.338 e. The van der Waals surface area contributed by atoms with Crippen LogP contribution < -0.4 is 5.32 Å². The van der Waals surface area contributed by atoms with Crippen LogP contribution in [0.5, 0.6) is 0 Å². The molecule has 28 heavy (non-hydrogen) atoms. The fraction of sp³-hybridized carbons (Fsp3) is 0.500. The second-order valence-electron chi connectivity index (χ2n) is 7.44. The van der Waals surface area contributed by atoms with Crippen molar-refractivity contribution in [3.05, 3.63) is 41.1 Å². The van der Waals surface area contributed by atoms with Gasteiger partial charge in [-0.05, 0) is 62.8 Å². The molecule has 1 aromatic carbocycles. The molecule has 0 atom stereocenters. The molecule has 1 aliphatic heterocycles. The number of sulfonamides is 1. The standard InChI is InChI=1S/C20H25N3O4S/c24-19(21-20-17-7-3-4-8-18(17)22-27-20)15-9-11-16(12-10-15)28(25,26)23-13-5-1-2-6-14-23/h9-12H,1-8,13-14H2,(H,21,24). The lowest BCUT2D eigenvalue weighted by molar-refractivity contribution is 0.102. The van der Waals surface area contributed by atoms with E-state index in [1.165, 1.54) is 12.1 Å². The molecule has 4 rings (SSSR count). The van der Waals surface area contributed by atoms with Crippen molar-refractivity contribution in [1.29, 1.82) is 0 Å². The highest BCUT2D eigenvalue weighted by atomic mass is 32.2. The molecule has 2 heterocycles. The fourth-order valence-electron chi connectivity index (χ4n) is 3.87. The third-order valence-corrected chi connectivity index (χ3v) is 7.42. The van der Waals surface area contributed by atoms with Crippen molar-refractivity contribution >= 4 is 21.8 Å². The summed E-state index contributed by atoms with van der Waals surface area (Å²) in [5.41, 5.74) is 2.27. The van der Waals surface area contributed by atoms with Gasteiger partial charge >= 0.3 is 0 Å². The third-order valence-electron chi connectivity index (χ3n) is 5.51. The number of hydrogen-bond acceptors (Lipinski definition) is 5. The van der Waals surface area contributed by atoms with Crippen LogP contribution in [0, 0.1) is 0 Å². The first-order valence-corrected chi connectivity index (χ1v) is 11.4. The Bertz CT molecular complexity index is 942. The summed E-state index contributed by atoms with van der Waals surface area (Å²) >= 11 is 0. The predicted octanol–water partition coefficient (Wildman–Crippen LogP) is 3.37. The van der Waals surface area contributed by atoms with Crippen LogP contribution >= 0.6 is 0 Å². The van der Waals surface area contributed by atoms with E-state index in [1.54, 1.807) is 16.4 Å². The van der Waals surface area contributed by atoms with E-state index in [1.807, 2.05) is 0 Å². The van der Waals surface area contributed by atoms with E-state index >= 15 is 0 Å². The minimum atomic E-state index is -3.52. The van der Waals surface area contributed by atoms with Crippen LogP contribution in [0.4, 0.5) is 5.88 Å². The molecule has 7 nitrogen and oxygen atoms in total. The van der Waals surface area contributed by atoms with E-state index in [4.69, 9.17) is 4.52 Å². The molecule has 0 radical (unpaired) electrons. The second-order valence-corrected chi connectivity index (χ2v) is 9.38. The molecular weight excluding hydrogens is 378 g/mol.